The van der Waals surface area contributed by atoms with Crippen LogP contribution in [-0.2, 0) is 30.3 Å². The van der Waals surface area contributed by atoms with Crippen LogP contribution in [0.2, 0.25) is 0 Å². The van der Waals surface area contributed by atoms with E-state index in [0.717, 1.165) is 23.3 Å². The van der Waals surface area contributed by atoms with Crippen LogP contribution < -0.4 is 10.9 Å². The van der Waals surface area contributed by atoms with Crippen molar-refractivity contribution >= 4 is 40.0 Å². The minimum Gasteiger partial charge on any atom is -0.319 e. The number of carbonyl (C=O) groups is 2. The van der Waals surface area contributed by atoms with Crippen LogP contribution in [0.1, 0.15) is 29.1 Å². The van der Waals surface area contributed by atoms with Crippen molar-refractivity contribution in [3.8, 4) is 0 Å². The number of hydrogen-bond acceptors (Lipinski definition) is 6. The van der Waals surface area contributed by atoms with Crippen molar-refractivity contribution in [2.24, 2.45) is 7.05 Å². The second kappa shape index (κ2) is 6.24. The molecule has 2 aliphatic rings. The van der Waals surface area contributed by atoms with Crippen LogP contribution in [-0.4, -0.2) is 36.0 Å². The van der Waals surface area contributed by atoms with E-state index in [-0.39, 0.29) is 18.0 Å². The number of aryl methyl sites for hydroxylation is 2. The third-order valence-corrected chi connectivity index (χ3v) is 7.31. The number of nitrogens with zero attached hydrogens (tertiary/aromatic N) is 5. The predicted molar refractivity (Wildman–Crippen MR) is 114 cm³/mol. The lowest BCUT2D eigenvalue weighted by Crippen LogP contribution is -2.46. The molecule has 9 nitrogen and oxygen atoms in total. The van der Waals surface area contributed by atoms with Crippen LogP contribution in [0.5, 0.6) is 0 Å². The molecule has 1 aliphatic heterocycles. The highest BCUT2D eigenvalue weighted by atomic mass is 32.1. The molecule has 156 valence electrons. The summed E-state index contributed by atoms with van der Waals surface area (Å²) in [5.74, 6) is 0.518. The zero-order chi connectivity index (χ0) is 21.3. The molecular weight excluding hydrogens is 416 g/mol. The minimum absolute atomic E-state index is 0.0325. The maximum atomic E-state index is 13.5. The number of hydrogen-bond donors (Lipinski definition) is 1. The lowest BCUT2D eigenvalue weighted by atomic mass is 9.80. The van der Waals surface area contributed by atoms with Gasteiger partial charge in [-0.2, -0.15) is 0 Å². The zero-order valence-corrected chi connectivity index (χ0v) is 17.5. The Balaban J connectivity index is 1.47. The van der Waals surface area contributed by atoms with Crippen molar-refractivity contribution in [2.75, 3.05) is 0 Å². The molecule has 1 N–H and O–H groups in total. The first-order valence-electron chi connectivity index (χ1n) is 10.0. The fourth-order valence-corrected chi connectivity index (χ4v) is 5.82. The molecule has 1 aliphatic carbocycles. The van der Waals surface area contributed by atoms with E-state index in [1.165, 1.54) is 9.47 Å². The number of para-hydroxylation sites is 1. The molecule has 1 fully saturated rings. The Morgan fingerprint density at radius 3 is 2.87 bits per heavy atom. The van der Waals surface area contributed by atoms with Crippen molar-refractivity contribution in [1.82, 2.24) is 29.4 Å². The highest BCUT2D eigenvalue weighted by Crippen LogP contribution is 2.42. The Morgan fingerprint density at radius 2 is 2.00 bits per heavy atom. The van der Waals surface area contributed by atoms with Crippen LogP contribution in [0.4, 0.5) is 4.79 Å². The molecule has 0 saturated carbocycles. The third kappa shape index (κ3) is 2.33. The predicted octanol–water partition coefficient (Wildman–Crippen LogP) is 1.93. The van der Waals surface area contributed by atoms with E-state index in [1.54, 1.807) is 34.9 Å². The number of amides is 3. The average molecular weight is 434 g/mol. The lowest BCUT2D eigenvalue weighted by molar-refractivity contribution is -0.132. The van der Waals surface area contributed by atoms with Gasteiger partial charge in [0.15, 0.2) is 5.82 Å². The van der Waals surface area contributed by atoms with Crippen molar-refractivity contribution in [1.29, 1.82) is 0 Å². The number of aromatic nitrogens is 4. The van der Waals surface area contributed by atoms with E-state index in [4.69, 9.17) is 0 Å². The molecule has 1 aromatic carbocycles. The Kier molecular flexibility index (Phi) is 3.67. The quantitative estimate of drug-likeness (QED) is 0.486. The number of benzene rings is 1. The standard InChI is InChI=1S/C21H18N6O3S/c1-25-17(28)12-5-2-3-6-14(12)27-16(23-24-19(25)27)11-26-18(29)21(22-20(26)30)9-4-7-15-13(21)8-10-31-15/h2-3,5-6,8,10H,4,7,9,11H2,1H3,(H,22,30). The highest BCUT2D eigenvalue weighted by molar-refractivity contribution is 7.10. The number of fused-ring (bicyclic) bond motifs is 5. The van der Waals surface area contributed by atoms with E-state index in [9.17, 15) is 14.4 Å². The molecular formula is C21H18N6O3S. The molecule has 4 aromatic rings. The Labute approximate surface area is 179 Å². The molecule has 1 spiro atoms. The van der Waals surface area contributed by atoms with Gasteiger partial charge in [-0.15, -0.1) is 21.5 Å². The van der Waals surface area contributed by atoms with E-state index in [2.05, 4.69) is 15.5 Å². The third-order valence-electron chi connectivity index (χ3n) is 6.33. The van der Waals surface area contributed by atoms with Crippen LogP contribution in [0, 0.1) is 0 Å². The van der Waals surface area contributed by atoms with Gasteiger partial charge in [0.05, 0.1) is 17.4 Å². The van der Waals surface area contributed by atoms with Crippen LogP contribution in [0.25, 0.3) is 16.7 Å². The SMILES string of the molecule is Cn1c(=O)c2ccccc2n2c(CN3C(=O)NC4(CCCc5sccc54)C3=O)nnc12. The molecule has 3 aromatic heterocycles. The molecule has 6 rings (SSSR count). The van der Waals surface area contributed by atoms with E-state index in [1.807, 2.05) is 23.6 Å². The normalized spacial score (nSPS) is 20.7. The van der Waals surface area contributed by atoms with Gasteiger partial charge in [-0.3, -0.25) is 23.5 Å². The molecule has 10 heteroatoms. The van der Waals surface area contributed by atoms with Gasteiger partial charge in [-0.25, -0.2) is 4.79 Å². The summed E-state index contributed by atoms with van der Waals surface area (Å²) in [5, 5.41) is 13.8. The van der Waals surface area contributed by atoms with Crippen LogP contribution in [0.3, 0.4) is 0 Å². The van der Waals surface area contributed by atoms with Gasteiger partial charge < -0.3 is 5.32 Å². The first kappa shape index (κ1) is 18.3. The monoisotopic (exact) mass is 434 g/mol. The Hall–Kier alpha value is -3.53. The summed E-state index contributed by atoms with van der Waals surface area (Å²) in [4.78, 5) is 41.5. The molecule has 3 amide bonds. The summed E-state index contributed by atoms with van der Waals surface area (Å²) >= 11 is 1.62. The second-order valence-electron chi connectivity index (χ2n) is 7.97. The summed E-state index contributed by atoms with van der Waals surface area (Å²) in [6, 6.07) is 8.68. The molecule has 31 heavy (non-hydrogen) atoms. The summed E-state index contributed by atoms with van der Waals surface area (Å²) in [5.41, 5.74) is 0.368. The van der Waals surface area contributed by atoms with E-state index in [0.29, 0.717) is 28.9 Å². The minimum atomic E-state index is -1.000. The van der Waals surface area contributed by atoms with Crippen molar-refractivity contribution in [3.63, 3.8) is 0 Å². The second-order valence-corrected chi connectivity index (χ2v) is 8.97. The lowest BCUT2D eigenvalue weighted by Gasteiger charge is -2.31. The maximum absolute atomic E-state index is 13.5. The van der Waals surface area contributed by atoms with Crippen molar-refractivity contribution < 1.29 is 9.59 Å². The number of nitrogens with one attached hydrogen (secondary N) is 1. The van der Waals surface area contributed by atoms with Crippen molar-refractivity contribution in [3.05, 3.63) is 62.3 Å². The van der Waals surface area contributed by atoms with E-state index >= 15 is 0 Å². The average Bonchev–Trinajstić information content (AvgIpc) is 3.47. The van der Waals surface area contributed by atoms with Gasteiger partial charge in [0, 0.05) is 17.5 Å². The molecule has 1 saturated heterocycles. The Bertz CT molecular complexity index is 1470. The number of imide groups is 1. The molecule has 1 unspecified atom stereocenters. The van der Waals surface area contributed by atoms with Gasteiger partial charge in [0.1, 0.15) is 5.54 Å². The van der Waals surface area contributed by atoms with Gasteiger partial charge in [0.25, 0.3) is 11.5 Å². The molecule has 1 atom stereocenters. The summed E-state index contributed by atoms with van der Waals surface area (Å²) < 4.78 is 3.16. The highest BCUT2D eigenvalue weighted by Gasteiger charge is 2.54. The fraction of sp³-hybridized carbons (Fsp3) is 0.286. The number of carbonyl (C=O) groups excluding carboxylic acids is 2. The largest absolute Gasteiger partial charge is 0.325 e. The van der Waals surface area contributed by atoms with Crippen LogP contribution in [0.15, 0.2) is 40.5 Å². The topological polar surface area (TPSA) is 102 Å². The Morgan fingerprint density at radius 1 is 1.16 bits per heavy atom. The first-order chi connectivity index (χ1) is 15.0. The maximum Gasteiger partial charge on any atom is 0.325 e. The smallest absolute Gasteiger partial charge is 0.319 e. The summed E-state index contributed by atoms with van der Waals surface area (Å²) in [6.45, 7) is -0.0325. The van der Waals surface area contributed by atoms with Gasteiger partial charge in [-0.1, -0.05) is 12.1 Å². The van der Waals surface area contributed by atoms with Gasteiger partial charge in [-0.05, 0) is 42.8 Å². The number of thiophene rings is 1. The van der Waals surface area contributed by atoms with E-state index < -0.39 is 11.6 Å². The van der Waals surface area contributed by atoms with Gasteiger partial charge in [0.2, 0.25) is 5.78 Å². The molecule has 0 radical (unpaired) electrons. The number of urea groups is 1. The van der Waals surface area contributed by atoms with Crippen molar-refractivity contribution in [2.45, 2.75) is 31.3 Å². The zero-order valence-electron chi connectivity index (χ0n) is 16.7. The summed E-state index contributed by atoms with van der Waals surface area (Å²) in [7, 11) is 1.63. The fourth-order valence-electron chi connectivity index (χ4n) is 4.82. The summed E-state index contributed by atoms with van der Waals surface area (Å²) in [6.07, 6.45) is 2.34. The van der Waals surface area contributed by atoms with Gasteiger partial charge >= 0.3 is 6.03 Å². The number of rotatable bonds is 2. The molecule has 4 heterocycles. The van der Waals surface area contributed by atoms with Crippen LogP contribution >= 0.6 is 11.3 Å². The molecule has 0 bridgehead atoms. The first-order valence-corrected chi connectivity index (χ1v) is 10.9.